The van der Waals surface area contributed by atoms with Gasteiger partial charge in [-0.05, 0) is 0 Å². The van der Waals surface area contributed by atoms with E-state index < -0.39 is 9.05 Å². The molecule has 4 nitrogen and oxygen atoms in total. The molecule has 0 saturated carbocycles. The molecule has 0 spiro atoms. The molecule has 7 heteroatoms. The third-order valence-electron chi connectivity index (χ3n) is 0. The third kappa shape index (κ3) is 68.5. The van der Waals surface area contributed by atoms with Crippen molar-refractivity contribution in [3.05, 3.63) is 0 Å². The molecule has 7 heavy (non-hydrogen) atoms. The van der Waals surface area contributed by atoms with E-state index in [1.807, 2.05) is 0 Å². The summed E-state index contributed by atoms with van der Waals surface area (Å²) in [5.74, 6) is 0. The molecule has 0 amide bonds. The molecule has 44 valence electrons. The summed E-state index contributed by atoms with van der Waals surface area (Å²) in [5.41, 5.74) is 0. The predicted molar refractivity (Wildman–Crippen MR) is 14.6 cm³/mol. The van der Waals surface area contributed by atoms with Crippen LogP contribution in [0.5, 0.6) is 0 Å². The molecule has 0 aliphatic carbocycles. The predicted octanol–water partition coefficient (Wildman–Crippen LogP) is -2.61. The summed E-state index contributed by atoms with van der Waals surface area (Å²) in [4.78, 5) is 29.3. The van der Waals surface area contributed by atoms with Crippen LogP contribution in [0, 0.1) is 39.9 Å². The van der Waals surface area contributed by atoms with Crippen molar-refractivity contribution in [2.24, 2.45) is 0 Å². The third-order valence-corrected chi connectivity index (χ3v) is 0. The fraction of sp³-hybridized carbons (Fsp3) is 0. The molecule has 0 atom stereocenters. The Kier molecular flexibility index (Phi) is 14.3. The van der Waals surface area contributed by atoms with Gasteiger partial charge in [0, 0.05) is 61.7 Å². The van der Waals surface area contributed by atoms with Gasteiger partial charge < -0.3 is 19.2 Å². The van der Waals surface area contributed by atoms with E-state index in [-0.39, 0.29) is 61.7 Å². The zero-order valence-electron chi connectivity index (χ0n) is 3.14. The van der Waals surface area contributed by atoms with Crippen molar-refractivity contribution < 1.29 is 80.8 Å². The molecule has 4 N–H and O–H groups in total. The summed E-state index contributed by atoms with van der Waals surface area (Å²) >= 11 is 0. The van der Waals surface area contributed by atoms with Gasteiger partial charge in [-0.3, -0.25) is 0 Å². The van der Waals surface area contributed by atoms with Gasteiger partial charge in [0.1, 0.15) is 0 Å². The van der Waals surface area contributed by atoms with Crippen molar-refractivity contribution >= 4 is 9.05 Å². The summed E-state index contributed by atoms with van der Waals surface area (Å²) in [7, 11) is -4.61. The zero-order valence-corrected chi connectivity index (χ0v) is 7.97. The van der Waals surface area contributed by atoms with E-state index in [2.05, 4.69) is 0 Å². The number of hydrogen-bond acceptors (Lipinski definition) is 4. The maximum Gasteiger partial charge on any atom is 0.668 e. The fourth-order valence-corrected chi connectivity index (χ4v) is 0. The van der Waals surface area contributed by atoms with E-state index in [9.17, 15) is 0 Å². The Balaban J connectivity index is -0.0000000800. The van der Waals surface area contributed by atoms with Crippen molar-refractivity contribution in [1.29, 1.82) is 0 Å². The second-order valence-electron chi connectivity index (χ2n) is 0.600. The van der Waals surface area contributed by atoms with Crippen LogP contribution in [0.25, 0.3) is 0 Å². The van der Waals surface area contributed by atoms with Gasteiger partial charge in [-0.1, -0.05) is 0 Å². The van der Waals surface area contributed by atoms with Crippen LogP contribution in [0.2, 0.25) is 0 Å². The second-order valence-corrected chi connectivity index (χ2v) is 1.80. The molecule has 0 aromatic rings. The van der Waals surface area contributed by atoms with E-state index in [0.29, 0.717) is 0 Å². The molecule has 0 heterocycles. The summed E-state index contributed by atoms with van der Waals surface area (Å²) in [5, 5.41) is 0. The first kappa shape index (κ1) is 16.0. The van der Waals surface area contributed by atoms with Crippen LogP contribution in [0.4, 0.5) is 0 Å². The molecule has 0 fully saturated rings. The average molecular weight is 301 g/mol. The minimum absolute atomic E-state index is 0. The maximum atomic E-state index is 7.33. The average Bonchev–Trinajstić information content (AvgIpc) is 0.722. The van der Waals surface area contributed by atoms with Gasteiger partial charge in [0.05, 0.1) is 0 Å². The van der Waals surface area contributed by atoms with Crippen molar-refractivity contribution in [3.63, 3.8) is 0 Å². The SMILES string of the molecule is O[Si](O)(O)O.[Gd].[Ti]. The Labute approximate surface area is 88.6 Å². The van der Waals surface area contributed by atoms with Crippen LogP contribution in [0.15, 0.2) is 0 Å². The molecule has 0 aromatic heterocycles. The molecule has 0 saturated heterocycles. The Bertz CT molecular complexity index is 27.2. The smallest absolute Gasteiger partial charge is 0.368 e. The minimum Gasteiger partial charge on any atom is -0.368 e. The largest absolute Gasteiger partial charge is 0.668 e. The first-order chi connectivity index (χ1) is 2.00. The van der Waals surface area contributed by atoms with Gasteiger partial charge in [0.2, 0.25) is 0 Å². The Morgan fingerprint density at radius 3 is 0.857 bits per heavy atom. The zero-order chi connectivity index (χ0) is 4.50. The van der Waals surface area contributed by atoms with Crippen LogP contribution in [-0.4, -0.2) is 28.2 Å². The molecular formula is H4GdO4SiTi. The van der Waals surface area contributed by atoms with Gasteiger partial charge in [-0.25, -0.2) is 0 Å². The van der Waals surface area contributed by atoms with Crippen molar-refractivity contribution in [2.45, 2.75) is 0 Å². The van der Waals surface area contributed by atoms with E-state index >= 15 is 0 Å². The van der Waals surface area contributed by atoms with Crippen molar-refractivity contribution in [2.75, 3.05) is 0 Å². The minimum atomic E-state index is -4.61. The van der Waals surface area contributed by atoms with Gasteiger partial charge in [-0.2, -0.15) is 0 Å². The van der Waals surface area contributed by atoms with Gasteiger partial charge in [0.25, 0.3) is 0 Å². The molecule has 0 unspecified atom stereocenters. The van der Waals surface area contributed by atoms with Crippen molar-refractivity contribution in [1.82, 2.24) is 0 Å². The summed E-state index contributed by atoms with van der Waals surface area (Å²) in [6.45, 7) is 0. The normalized spacial score (nSPS) is 8.57. The van der Waals surface area contributed by atoms with Gasteiger partial charge in [0.15, 0.2) is 0 Å². The molecule has 0 aliphatic heterocycles. The first-order valence-electron chi connectivity index (χ1n) is 0.894. The monoisotopic (exact) mass is 302 g/mol. The summed E-state index contributed by atoms with van der Waals surface area (Å²) < 4.78 is 0. The van der Waals surface area contributed by atoms with E-state index in [1.165, 1.54) is 0 Å². The van der Waals surface area contributed by atoms with Crippen molar-refractivity contribution in [3.8, 4) is 0 Å². The molecule has 0 bridgehead atoms. The topological polar surface area (TPSA) is 80.9 Å². The number of hydrogen-bond donors (Lipinski definition) is 4. The van der Waals surface area contributed by atoms with E-state index in [0.717, 1.165) is 0 Å². The molecule has 0 radical (unpaired) electrons. The first-order valence-corrected chi connectivity index (χ1v) is 2.68. The fourth-order valence-electron chi connectivity index (χ4n) is 0. The Morgan fingerprint density at radius 1 is 0.857 bits per heavy atom. The van der Waals surface area contributed by atoms with Crippen LogP contribution >= 0.6 is 0 Å². The van der Waals surface area contributed by atoms with E-state index in [4.69, 9.17) is 19.2 Å². The maximum absolute atomic E-state index is 7.33. The Hall–Kier alpha value is 2.10. The summed E-state index contributed by atoms with van der Waals surface area (Å²) in [6.07, 6.45) is 0. The van der Waals surface area contributed by atoms with Crippen LogP contribution in [0.1, 0.15) is 0 Å². The van der Waals surface area contributed by atoms with Crippen LogP contribution in [0.3, 0.4) is 0 Å². The van der Waals surface area contributed by atoms with Crippen LogP contribution < -0.4 is 0 Å². The van der Waals surface area contributed by atoms with E-state index in [1.54, 1.807) is 0 Å². The van der Waals surface area contributed by atoms with Crippen LogP contribution in [-0.2, 0) is 21.7 Å². The van der Waals surface area contributed by atoms with Gasteiger partial charge >= 0.3 is 9.05 Å². The molecular weight excluding hydrogens is 297 g/mol. The summed E-state index contributed by atoms with van der Waals surface area (Å²) in [6, 6.07) is 0. The molecule has 0 aromatic carbocycles. The standard InChI is InChI=1S/Gd.H4O4Si.Ti/c;1-5(2,3)4;/h;1-4H;. The quantitative estimate of drug-likeness (QED) is 0.370. The molecule has 0 rings (SSSR count). The number of rotatable bonds is 0. The Morgan fingerprint density at radius 2 is 0.857 bits per heavy atom. The van der Waals surface area contributed by atoms with Gasteiger partial charge in [-0.15, -0.1) is 0 Å². The molecule has 0 aliphatic rings. The second kappa shape index (κ2) is 6.22.